The topological polar surface area (TPSA) is 67.9 Å². The molecule has 0 fully saturated rings. The molecule has 1 N–H and O–H groups in total. The Bertz CT molecular complexity index is 951. The second-order valence-corrected chi connectivity index (χ2v) is 9.39. The maximum Gasteiger partial charge on any atom is 0.236 e. The Kier molecular flexibility index (Phi) is 7.44. The molecular formula is C26H34N2O4. The number of ether oxygens (including phenoxy) is 2. The van der Waals surface area contributed by atoms with Crippen LogP contribution in [0, 0.1) is 11.3 Å². The van der Waals surface area contributed by atoms with Crippen LogP contribution in [-0.2, 0) is 16.0 Å². The Morgan fingerprint density at radius 3 is 2.56 bits per heavy atom. The molecule has 1 heterocycles. The van der Waals surface area contributed by atoms with Crippen molar-refractivity contribution in [1.82, 2.24) is 0 Å². The minimum Gasteiger partial charge on any atom is -0.497 e. The summed E-state index contributed by atoms with van der Waals surface area (Å²) in [4.78, 5) is 27.6. The third-order valence-corrected chi connectivity index (χ3v) is 5.68. The molecule has 1 aliphatic rings. The zero-order valence-electron chi connectivity index (χ0n) is 19.7. The number of aryl methyl sites for hydroxylation is 1. The summed E-state index contributed by atoms with van der Waals surface area (Å²) in [5.41, 5.74) is 1.84. The van der Waals surface area contributed by atoms with Gasteiger partial charge in [0, 0.05) is 18.7 Å². The number of hydrogen-bond acceptors (Lipinski definition) is 4. The van der Waals surface area contributed by atoms with Crippen LogP contribution in [0.15, 0.2) is 42.5 Å². The number of anilines is 2. The van der Waals surface area contributed by atoms with Crippen LogP contribution in [0.1, 0.15) is 46.1 Å². The van der Waals surface area contributed by atoms with Crippen molar-refractivity contribution >= 4 is 23.2 Å². The van der Waals surface area contributed by atoms with E-state index in [1.54, 1.807) is 7.11 Å². The molecule has 6 nitrogen and oxygen atoms in total. The van der Waals surface area contributed by atoms with Crippen LogP contribution in [0.2, 0.25) is 0 Å². The first-order valence-electron chi connectivity index (χ1n) is 11.2. The Hall–Kier alpha value is -3.02. The zero-order chi connectivity index (χ0) is 23.3. The second-order valence-electron chi connectivity index (χ2n) is 9.39. The Morgan fingerprint density at radius 1 is 1.19 bits per heavy atom. The molecule has 32 heavy (non-hydrogen) atoms. The maximum absolute atomic E-state index is 13.2. The molecule has 2 amide bonds. The maximum atomic E-state index is 13.2. The van der Waals surface area contributed by atoms with E-state index in [-0.39, 0.29) is 11.8 Å². The SMILES string of the molecule is COc1ccc(CCC(=O)Nc2ccc3c(c2)N(CCC(C)C)C(=O)C(C)(C)CO3)cc1. The van der Waals surface area contributed by atoms with Crippen LogP contribution in [0.25, 0.3) is 0 Å². The van der Waals surface area contributed by atoms with Gasteiger partial charge in [0.25, 0.3) is 0 Å². The first kappa shape index (κ1) is 23.6. The first-order chi connectivity index (χ1) is 15.2. The number of nitrogens with one attached hydrogen (secondary N) is 1. The highest BCUT2D eigenvalue weighted by molar-refractivity contribution is 6.00. The number of benzene rings is 2. The summed E-state index contributed by atoms with van der Waals surface area (Å²) in [6, 6.07) is 13.2. The van der Waals surface area contributed by atoms with Crippen LogP contribution in [0.5, 0.6) is 11.5 Å². The molecule has 0 bridgehead atoms. The molecule has 1 aliphatic heterocycles. The Balaban J connectivity index is 1.73. The van der Waals surface area contributed by atoms with E-state index in [4.69, 9.17) is 9.47 Å². The van der Waals surface area contributed by atoms with Crippen molar-refractivity contribution in [2.24, 2.45) is 11.3 Å². The fourth-order valence-electron chi connectivity index (χ4n) is 3.61. The van der Waals surface area contributed by atoms with Gasteiger partial charge in [0.2, 0.25) is 11.8 Å². The average molecular weight is 439 g/mol. The molecule has 0 aliphatic carbocycles. The number of methoxy groups -OCH3 is 1. The third-order valence-electron chi connectivity index (χ3n) is 5.68. The van der Waals surface area contributed by atoms with Crippen molar-refractivity contribution in [2.75, 3.05) is 30.5 Å². The van der Waals surface area contributed by atoms with E-state index in [2.05, 4.69) is 19.2 Å². The predicted octanol–water partition coefficient (Wildman–Crippen LogP) is 5.06. The van der Waals surface area contributed by atoms with Crippen LogP contribution < -0.4 is 19.7 Å². The Morgan fingerprint density at radius 2 is 1.91 bits per heavy atom. The van der Waals surface area contributed by atoms with Gasteiger partial charge in [-0.15, -0.1) is 0 Å². The largest absolute Gasteiger partial charge is 0.497 e. The van der Waals surface area contributed by atoms with E-state index < -0.39 is 5.41 Å². The first-order valence-corrected chi connectivity index (χ1v) is 11.2. The van der Waals surface area contributed by atoms with Crippen LogP contribution in [0.4, 0.5) is 11.4 Å². The van der Waals surface area contributed by atoms with Crippen molar-refractivity contribution in [1.29, 1.82) is 0 Å². The molecule has 172 valence electrons. The van der Waals surface area contributed by atoms with E-state index in [9.17, 15) is 9.59 Å². The number of carbonyl (C=O) groups excluding carboxylic acids is 2. The van der Waals surface area contributed by atoms with Crippen LogP contribution in [-0.4, -0.2) is 32.1 Å². The summed E-state index contributed by atoms with van der Waals surface area (Å²) < 4.78 is 11.1. The number of nitrogens with zero attached hydrogens (tertiary/aromatic N) is 1. The fraction of sp³-hybridized carbons (Fsp3) is 0.462. The van der Waals surface area contributed by atoms with Crippen molar-refractivity contribution in [3.05, 3.63) is 48.0 Å². The van der Waals surface area contributed by atoms with Gasteiger partial charge >= 0.3 is 0 Å². The lowest BCUT2D eigenvalue weighted by Crippen LogP contribution is -2.42. The van der Waals surface area contributed by atoms with Crippen molar-refractivity contribution in [3.63, 3.8) is 0 Å². The average Bonchev–Trinajstić information content (AvgIpc) is 2.85. The molecule has 2 aromatic carbocycles. The van der Waals surface area contributed by atoms with Crippen molar-refractivity contribution in [3.8, 4) is 11.5 Å². The molecule has 0 saturated heterocycles. The van der Waals surface area contributed by atoms with Crippen LogP contribution >= 0.6 is 0 Å². The quantitative estimate of drug-likeness (QED) is 0.625. The molecule has 6 heteroatoms. The molecule has 0 unspecified atom stereocenters. The second kappa shape index (κ2) is 10.1. The highest BCUT2D eigenvalue weighted by Crippen LogP contribution is 2.38. The number of rotatable bonds is 8. The van der Waals surface area contributed by atoms with Crippen LogP contribution in [0.3, 0.4) is 0 Å². The van der Waals surface area contributed by atoms with Crippen molar-refractivity contribution in [2.45, 2.75) is 47.0 Å². The summed E-state index contributed by atoms with van der Waals surface area (Å²) in [7, 11) is 1.63. The monoisotopic (exact) mass is 438 g/mol. The van der Waals surface area contributed by atoms with E-state index in [0.29, 0.717) is 49.0 Å². The van der Waals surface area contributed by atoms with E-state index in [1.807, 2.05) is 61.2 Å². The van der Waals surface area contributed by atoms with E-state index in [0.717, 1.165) is 17.7 Å². The predicted molar refractivity (Wildman–Crippen MR) is 127 cm³/mol. The van der Waals surface area contributed by atoms with Gasteiger partial charge < -0.3 is 19.7 Å². The minimum atomic E-state index is -0.613. The van der Waals surface area contributed by atoms with Gasteiger partial charge in [-0.25, -0.2) is 0 Å². The molecule has 3 rings (SSSR count). The molecule has 0 spiro atoms. The highest BCUT2D eigenvalue weighted by atomic mass is 16.5. The summed E-state index contributed by atoms with van der Waals surface area (Å²) in [5, 5.41) is 2.97. The number of carbonyl (C=O) groups is 2. The summed E-state index contributed by atoms with van der Waals surface area (Å²) in [5.74, 6) is 1.91. The summed E-state index contributed by atoms with van der Waals surface area (Å²) >= 11 is 0. The highest BCUT2D eigenvalue weighted by Gasteiger charge is 2.37. The smallest absolute Gasteiger partial charge is 0.236 e. The molecule has 2 aromatic rings. The normalized spacial score (nSPS) is 15.1. The third kappa shape index (κ3) is 5.81. The summed E-state index contributed by atoms with van der Waals surface area (Å²) in [6.07, 6.45) is 1.89. The van der Waals surface area contributed by atoms with Gasteiger partial charge in [-0.3, -0.25) is 9.59 Å². The number of fused-ring (bicyclic) bond motifs is 1. The van der Waals surface area contributed by atoms with Gasteiger partial charge in [-0.1, -0.05) is 26.0 Å². The molecular weight excluding hydrogens is 404 g/mol. The minimum absolute atomic E-state index is 0.0416. The molecule has 0 saturated carbocycles. The summed E-state index contributed by atoms with van der Waals surface area (Å²) in [6.45, 7) is 9.04. The molecule has 0 radical (unpaired) electrons. The number of hydrogen-bond donors (Lipinski definition) is 1. The van der Waals surface area contributed by atoms with Gasteiger partial charge in [0.15, 0.2) is 0 Å². The van der Waals surface area contributed by atoms with Gasteiger partial charge in [0.05, 0.1) is 18.2 Å². The lowest BCUT2D eigenvalue weighted by Gasteiger charge is -2.28. The lowest BCUT2D eigenvalue weighted by molar-refractivity contribution is -0.127. The fourth-order valence-corrected chi connectivity index (χ4v) is 3.61. The lowest BCUT2D eigenvalue weighted by atomic mass is 9.92. The van der Waals surface area contributed by atoms with Gasteiger partial charge in [-0.05, 0) is 68.5 Å². The number of amides is 2. The van der Waals surface area contributed by atoms with E-state index >= 15 is 0 Å². The van der Waals surface area contributed by atoms with Crippen molar-refractivity contribution < 1.29 is 19.1 Å². The van der Waals surface area contributed by atoms with Gasteiger partial charge in [-0.2, -0.15) is 0 Å². The molecule has 0 aromatic heterocycles. The standard InChI is InChI=1S/C26H34N2O4/c1-18(2)14-15-28-22-16-20(9-12-23(22)32-17-26(3,4)25(28)30)27-24(29)13-8-19-6-10-21(31-5)11-7-19/h6-7,9-12,16,18H,8,13-15,17H2,1-5H3,(H,27,29). The van der Waals surface area contributed by atoms with Gasteiger partial charge in [0.1, 0.15) is 18.1 Å². The molecule has 0 atom stereocenters. The Labute approximate surface area is 190 Å². The van der Waals surface area contributed by atoms with E-state index in [1.165, 1.54) is 0 Å². The zero-order valence-corrected chi connectivity index (χ0v) is 19.7.